The topological polar surface area (TPSA) is 60.5 Å². The Bertz CT molecular complexity index is 713. The number of amides is 1. The second kappa shape index (κ2) is 9.42. The summed E-state index contributed by atoms with van der Waals surface area (Å²) in [4.78, 5) is 16.6. The molecular formula is C19H26N2O3S. The van der Waals surface area contributed by atoms with Gasteiger partial charge in [0, 0.05) is 6.92 Å². The number of hydrogen-bond donors (Lipinski definition) is 1. The van der Waals surface area contributed by atoms with Gasteiger partial charge in [-0.1, -0.05) is 31.1 Å². The summed E-state index contributed by atoms with van der Waals surface area (Å²) in [6.07, 6.45) is 3.37. The van der Waals surface area contributed by atoms with Gasteiger partial charge in [0.15, 0.2) is 16.6 Å². The number of hydrogen-bond acceptors (Lipinski definition) is 5. The van der Waals surface area contributed by atoms with Gasteiger partial charge in [-0.2, -0.15) is 0 Å². The molecule has 0 aliphatic rings. The van der Waals surface area contributed by atoms with Crippen molar-refractivity contribution in [1.82, 2.24) is 4.98 Å². The molecule has 0 bridgehead atoms. The van der Waals surface area contributed by atoms with E-state index in [1.165, 1.54) is 24.7 Å². The maximum Gasteiger partial charge on any atom is 0.223 e. The molecule has 136 valence electrons. The number of ether oxygens (including phenoxy) is 2. The lowest BCUT2D eigenvalue weighted by atomic mass is 10.1. The molecule has 0 atom stereocenters. The average Bonchev–Trinajstić information content (AvgIpc) is 2.92. The van der Waals surface area contributed by atoms with Crippen molar-refractivity contribution in [2.75, 3.05) is 18.5 Å². The molecule has 1 heterocycles. The Balaban J connectivity index is 2.22. The number of benzene rings is 1. The van der Waals surface area contributed by atoms with Gasteiger partial charge in [0.1, 0.15) is 0 Å². The van der Waals surface area contributed by atoms with Crippen LogP contribution >= 0.6 is 11.3 Å². The number of nitrogens with zero attached hydrogens (tertiary/aromatic N) is 1. The molecule has 0 radical (unpaired) electrons. The molecule has 2 rings (SSSR count). The normalized spacial score (nSPS) is 10.6. The average molecular weight is 362 g/mol. The Morgan fingerprint density at radius 3 is 2.68 bits per heavy atom. The molecule has 0 saturated carbocycles. The molecule has 0 unspecified atom stereocenters. The quantitative estimate of drug-likeness (QED) is 0.635. The molecule has 1 N–H and O–H groups in total. The fraction of sp³-hybridized carbons (Fsp3) is 0.474. The van der Waals surface area contributed by atoms with Crippen molar-refractivity contribution < 1.29 is 14.3 Å². The van der Waals surface area contributed by atoms with E-state index in [9.17, 15) is 4.79 Å². The standard InChI is InChI=1S/C19H26N2O3S/c1-5-7-8-11-24-16-10-9-15(12-17(16)23-6-2)18-13(3)20-19(25-18)21-14(4)22/h9-10,12H,5-8,11H2,1-4H3,(H,20,21,22). The summed E-state index contributed by atoms with van der Waals surface area (Å²) >= 11 is 1.46. The monoisotopic (exact) mass is 362 g/mol. The van der Waals surface area contributed by atoms with Gasteiger partial charge < -0.3 is 14.8 Å². The van der Waals surface area contributed by atoms with Gasteiger partial charge in [0.25, 0.3) is 0 Å². The first-order chi connectivity index (χ1) is 12.0. The van der Waals surface area contributed by atoms with Crippen LogP contribution in [0.5, 0.6) is 11.5 Å². The van der Waals surface area contributed by atoms with Crippen LogP contribution in [0.15, 0.2) is 18.2 Å². The number of thiazole rings is 1. The molecule has 0 aliphatic heterocycles. The number of rotatable bonds is 9. The minimum Gasteiger partial charge on any atom is -0.490 e. The molecule has 1 aromatic heterocycles. The third-order valence-electron chi connectivity index (χ3n) is 3.59. The maximum absolute atomic E-state index is 11.2. The summed E-state index contributed by atoms with van der Waals surface area (Å²) < 4.78 is 11.6. The lowest BCUT2D eigenvalue weighted by Gasteiger charge is -2.13. The van der Waals surface area contributed by atoms with Crippen molar-refractivity contribution in [3.63, 3.8) is 0 Å². The zero-order valence-corrected chi connectivity index (χ0v) is 16.2. The lowest BCUT2D eigenvalue weighted by Crippen LogP contribution is -2.04. The fourth-order valence-corrected chi connectivity index (χ4v) is 3.45. The number of aromatic nitrogens is 1. The van der Waals surface area contributed by atoms with E-state index in [0.717, 1.165) is 40.5 Å². The molecule has 1 amide bonds. The minimum atomic E-state index is -0.119. The lowest BCUT2D eigenvalue weighted by molar-refractivity contribution is -0.114. The summed E-state index contributed by atoms with van der Waals surface area (Å²) in [5.74, 6) is 1.39. The van der Waals surface area contributed by atoms with Crippen molar-refractivity contribution in [3.8, 4) is 21.9 Å². The van der Waals surface area contributed by atoms with Gasteiger partial charge in [0.05, 0.1) is 23.8 Å². The molecule has 0 aliphatic carbocycles. The van der Waals surface area contributed by atoms with Crippen LogP contribution in [-0.4, -0.2) is 24.1 Å². The van der Waals surface area contributed by atoms with E-state index in [-0.39, 0.29) is 5.91 Å². The second-order valence-electron chi connectivity index (χ2n) is 5.76. The predicted octanol–water partition coefficient (Wildman–Crippen LogP) is 5.04. The summed E-state index contributed by atoms with van der Waals surface area (Å²) in [6.45, 7) is 8.82. The highest BCUT2D eigenvalue weighted by Crippen LogP contribution is 2.38. The highest BCUT2D eigenvalue weighted by atomic mass is 32.1. The number of aryl methyl sites for hydroxylation is 1. The van der Waals surface area contributed by atoms with Crippen molar-refractivity contribution in [2.24, 2.45) is 0 Å². The molecule has 0 fully saturated rings. The van der Waals surface area contributed by atoms with E-state index < -0.39 is 0 Å². The first kappa shape index (κ1) is 19.2. The van der Waals surface area contributed by atoms with Crippen molar-refractivity contribution >= 4 is 22.4 Å². The van der Waals surface area contributed by atoms with Gasteiger partial charge in [0.2, 0.25) is 5.91 Å². The summed E-state index contributed by atoms with van der Waals surface area (Å²) in [5.41, 5.74) is 1.89. The molecule has 2 aromatic rings. The number of carbonyl (C=O) groups is 1. The van der Waals surface area contributed by atoms with Crippen molar-refractivity contribution in [1.29, 1.82) is 0 Å². The Morgan fingerprint density at radius 1 is 1.20 bits per heavy atom. The number of anilines is 1. The predicted molar refractivity (Wildman–Crippen MR) is 103 cm³/mol. The van der Waals surface area contributed by atoms with E-state index in [2.05, 4.69) is 17.2 Å². The minimum absolute atomic E-state index is 0.119. The van der Waals surface area contributed by atoms with E-state index in [4.69, 9.17) is 9.47 Å². The van der Waals surface area contributed by atoms with Gasteiger partial charge in [-0.3, -0.25) is 4.79 Å². The number of unbranched alkanes of at least 4 members (excludes halogenated alkanes) is 2. The van der Waals surface area contributed by atoms with Crippen molar-refractivity contribution in [3.05, 3.63) is 23.9 Å². The Kier molecular flexibility index (Phi) is 7.25. The molecule has 1 aromatic carbocycles. The molecule has 25 heavy (non-hydrogen) atoms. The molecule has 0 saturated heterocycles. The Morgan fingerprint density at radius 2 is 2.00 bits per heavy atom. The third kappa shape index (κ3) is 5.46. The van der Waals surface area contributed by atoms with E-state index >= 15 is 0 Å². The van der Waals surface area contributed by atoms with Crippen LogP contribution in [0.25, 0.3) is 10.4 Å². The van der Waals surface area contributed by atoms with Gasteiger partial charge >= 0.3 is 0 Å². The van der Waals surface area contributed by atoms with Crippen LogP contribution in [0.4, 0.5) is 5.13 Å². The maximum atomic E-state index is 11.2. The first-order valence-electron chi connectivity index (χ1n) is 8.70. The third-order valence-corrected chi connectivity index (χ3v) is 4.71. The Labute approximate surface area is 153 Å². The van der Waals surface area contributed by atoms with Crippen LogP contribution in [0.3, 0.4) is 0 Å². The van der Waals surface area contributed by atoms with E-state index in [1.807, 2.05) is 32.0 Å². The van der Waals surface area contributed by atoms with Crippen LogP contribution in [0.1, 0.15) is 45.7 Å². The largest absolute Gasteiger partial charge is 0.490 e. The van der Waals surface area contributed by atoms with Crippen LogP contribution in [0.2, 0.25) is 0 Å². The van der Waals surface area contributed by atoms with Gasteiger partial charge in [-0.15, -0.1) is 0 Å². The summed E-state index contributed by atoms with van der Waals surface area (Å²) in [5, 5.41) is 3.35. The van der Waals surface area contributed by atoms with Crippen LogP contribution < -0.4 is 14.8 Å². The zero-order valence-electron chi connectivity index (χ0n) is 15.3. The molecule has 5 nitrogen and oxygen atoms in total. The highest BCUT2D eigenvalue weighted by molar-refractivity contribution is 7.19. The molecule has 6 heteroatoms. The highest BCUT2D eigenvalue weighted by Gasteiger charge is 2.14. The molecular weight excluding hydrogens is 336 g/mol. The van der Waals surface area contributed by atoms with Crippen LogP contribution in [-0.2, 0) is 4.79 Å². The van der Waals surface area contributed by atoms with Gasteiger partial charge in [-0.25, -0.2) is 4.98 Å². The summed E-state index contributed by atoms with van der Waals surface area (Å²) in [6, 6.07) is 5.94. The summed E-state index contributed by atoms with van der Waals surface area (Å²) in [7, 11) is 0. The van der Waals surface area contributed by atoms with Crippen LogP contribution in [0, 0.1) is 6.92 Å². The fourth-order valence-electron chi connectivity index (χ4n) is 2.44. The zero-order chi connectivity index (χ0) is 18.2. The van der Waals surface area contributed by atoms with E-state index in [1.54, 1.807) is 0 Å². The Hall–Kier alpha value is -2.08. The van der Waals surface area contributed by atoms with E-state index in [0.29, 0.717) is 18.3 Å². The smallest absolute Gasteiger partial charge is 0.223 e. The molecule has 0 spiro atoms. The SMILES string of the molecule is CCCCCOc1ccc(-c2sc(NC(C)=O)nc2C)cc1OCC. The second-order valence-corrected chi connectivity index (χ2v) is 6.76. The van der Waals surface area contributed by atoms with Gasteiger partial charge in [-0.05, 0) is 44.0 Å². The first-order valence-corrected chi connectivity index (χ1v) is 9.51. The number of nitrogens with one attached hydrogen (secondary N) is 1. The number of carbonyl (C=O) groups excluding carboxylic acids is 1. The van der Waals surface area contributed by atoms with Crippen molar-refractivity contribution in [2.45, 2.75) is 47.0 Å².